The molecule has 0 aliphatic heterocycles. The Morgan fingerprint density at radius 2 is 1.85 bits per heavy atom. The lowest BCUT2D eigenvalue weighted by Gasteiger charge is -2.12. The van der Waals surface area contributed by atoms with E-state index in [1.54, 1.807) is 37.4 Å². The molecule has 5 heteroatoms. The van der Waals surface area contributed by atoms with Gasteiger partial charge in [0.2, 0.25) is 0 Å². The molecule has 0 heterocycles. The number of methoxy groups -OCH3 is 1. The molecule has 0 spiro atoms. The largest absolute Gasteiger partial charge is 0.497 e. The molecular weight excluding hydrogens is 294 g/mol. The van der Waals surface area contributed by atoms with Gasteiger partial charge in [0.05, 0.1) is 12.7 Å². The SMILES string of the molecule is COc1ccc(C(N)=S)c(Oc2ccc(Cl)c(C)c2)c1. The maximum atomic E-state index is 6.00. The molecule has 3 nitrogen and oxygen atoms in total. The molecule has 0 radical (unpaired) electrons. The van der Waals surface area contributed by atoms with Gasteiger partial charge in [-0.15, -0.1) is 0 Å². The quantitative estimate of drug-likeness (QED) is 0.864. The second-order valence-corrected chi connectivity index (χ2v) is 5.09. The number of halogens is 1. The molecule has 0 atom stereocenters. The second-order valence-electron chi connectivity index (χ2n) is 4.24. The Morgan fingerprint density at radius 3 is 2.45 bits per heavy atom. The first kappa shape index (κ1) is 14.6. The van der Waals surface area contributed by atoms with Crippen molar-refractivity contribution in [1.82, 2.24) is 0 Å². The van der Waals surface area contributed by atoms with Crippen LogP contribution in [0.25, 0.3) is 0 Å². The minimum atomic E-state index is 0.272. The third-order valence-electron chi connectivity index (χ3n) is 2.81. The summed E-state index contributed by atoms with van der Waals surface area (Å²) >= 11 is 11.0. The van der Waals surface area contributed by atoms with Crippen LogP contribution in [0, 0.1) is 6.92 Å². The molecule has 0 fully saturated rings. The van der Waals surface area contributed by atoms with Gasteiger partial charge in [-0.25, -0.2) is 0 Å². The summed E-state index contributed by atoms with van der Waals surface area (Å²) in [6.45, 7) is 1.91. The lowest BCUT2D eigenvalue weighted by molar-refractivity contribution is 0.409. The average Bonchev–Trinajstić information content (AvgIpc) is 2.42. The number of ether oxygens (including phenoxy) is 2. The summed E-state index contributed by atoms with van der Waals surface area (Å²) in [5.74, 6) is 1.89. The van der Waals surface area contributed by atoms with Gasteiger partial charge in [0.15, 0.2) is 0 Å². The predicted octanol–water partition coefficient (Wildman–Crippen LogP) is 4.08. The van der Waals surface area contributed by atoms with E-state index in [2.05, 4.69) is 0 Å². The summed E-state index contributed by atoms with van der Waals surface area (Å²) in [6.07, 6.45) is 0. The fourth-order valence-electron chi connectivity index (χ4n) is 1.73. The number of hydrogen-bond acceptors (Lipinski definition) is 3. The maximum Gasteiger partial charge on any atom is 0.141 e. The molecule has 0 bridgehead atoms. The van der Waals surface area contributed by atoms with Gasteiger partial charge in [0.25, 0.3) is 0 Å². The van der Waals surface area contributed by atoms with Crippen LogP contribution in [0.1, 0.15) is 11.1 Å². The number of nitrogens with two attached hydrogens (primary N) is 1. The first-order valence-corrected chi connectivity index (χ1v) is 6.71. The summed E-state index contributed by atoms with van der Waals surface area (Å²) < 4.78 is 11.0. The molecule has 104 valence electrons. The van der Waals surface area contributed by atoms with Gasteiger partial charge in [-0.2, -0.15) is 0 Å². The Kier molecular flexibility index (Phi) is 4.47. The van der Waals surface area contributed by atoms with Crippen molar-refractivity contribution in [3.8, 4) is 17.2 Å². The summed E-state index contributed by atoms with van der Waals surface area (Å²) in [7, 11) is 1.59. The zero-order chi connectivity index (χ0) is 14.7. The molecule has 0 unspecified atom stereocenters. The number of hydrogen-bond donors (Lipinski definition) is 1. The van der Waals surface area contributed by atoms with Gasteiger partial charge in [-0.05, 0) is 42.8 Å². The smallest absolute Gasteiger partial charge is 0.141 e. The van der Waals surface area contributed by atoms with Gasteiger partial charge >= 0.3 is 0 Å². The molecule has 0 saturated heterocycles. The van der Waals surface area contributed by atoms with Crippen LogP contribution < -0.4 is 15.2 Å². The lowest BCUT2D eigenvalue weighted by Crippen LogP contribution is -2.10. The van der Waals surface area contributed by atoms with Crippen LogP contribution in [0.4, 0.5) is 0 Å². The average molecular weight is 308 g/mol. The highest BCUT2D eigenvalue weighted by molar-refractivity contribution is 7.80. The van der Waals surface area contributed by atoms with E-state index in [1.807, 2.05) is 13.0 Å². The topological polar surface area (TPSA) is 44.5 Å². The van der Waals surface area contributed by atoms with Crippen molar-refractivity contribution in [3.05, 3.63) is 52.5 Å². The van der Waals surface area contributed by atoms with Gasteiger partial charge in [0, 0.05) is 11.1 Å². The van der Waals surface area contributed by atoms with E-state index in [4.69, 9.17) is 39.0 Å². The number of thiocarbonyl (C=S) groups is 1. The van der Waals surface area contributed by atoms with Crippen molar-refractivity contribution in [2.45, 2.75) is 6.92 Å². The third-order valence-corrected chi connectivity index (χ3v) is 3.46. The zero-order valence-electron chi connectivity index (χ0n) is 11.1. The summed E-state index contributed by atoms with van der Waals surface area (Å²) in [4.78, 5) is 0.272. The molecule has 2 N–H and O–H groups in total. The Morgan fingerprint density at radius 1 is 1.15 bits per heavy atom. The van der Waals surface area contributed by atoms with Gasteiger partial charge in [-0.1, -0.05) is 23.8 Å². The van der Waals surface area contributed by atoms with E-state index >= 15 is 0 Å². The highest BCUT2D eigenvalue weighted by atomic mass is 35.5. The van der Waals surface area contributed by atoms with Crippen LogP contribution in [-0.4, -0.2) is 12.1 Å². The van der Waals surface area contributed by atoms with Crippen LogP contribution in [-0.2, 0) is 0 Å². The summed E-state index contributed by atoms with van der Waals surface area (Å²) in [6, 6.07) is 10.7. The van der Waals surface area contributed by atoms with Crippen molar-refractivity contribution < 1.29 is 9.47 Å². The van der Waals surface area contributed by atoms with Crippen LogP contribution in [0.3, 0.4) is 0 Å². The maximum absolute atomic E-state index is 6.00. The minimum Gasteiger partial charge on any atom is -0.497 e. The van der Waals surface area contributed by atoms with E-state index in [-0.39, 0.29) is 4.99 Å². The lowest BCUT2D eigenvalue weighted by atomic mass is 10.2. The molecule has 0 aromatic heterocycles. The normalized spacial score (nSPS) is 10.2. The Balaban J connectivity index is 2.40. The molecule has 0 aliphatic carbocycles. The Bertz CT molecular complexity index is 658. The first-order valence-electron chi connectivity index (χ1n) is 5.93. The standard InChI is InChI=1S/C15H14ClNO2S/c1-9-7-11(4-6-13(9)16)19-14-8-10(18-2)3-5-12(14)15(17)20/h3-8H,1-2H3,(H2,17,20). The van der Waals surface area contributed by atoms with Crippen molar-refractivity contribution in [2.75, 3.05) is 7.11 Å². The number of aryl methyl sites for hydroxylation is 1. The second kappa shape index (κ2) is 6.11. The zero-order valence-corrected chi connectivity index (χ0v) is 12.7. The van der Waals surface area contributed by atoms with Crippen LogP contribution in [0.2, 0.25) is 5.02 Å². The molecule has 0 aliphatic rings. The van der Waals surface area contributed by atoms with Crippen molar-refractivity contribution in [1.29, 1.82) is 0 Å². The summed E-state index contributed by atoms with van der Waals surface area (Å²) in [5.41, 5.74) is 7.30. The van der Waals surface area contributed by atoms with Crippen LogP contribution in [0.15, 0.2) is 36.4 Å². The van der Waals surface area contributed by atoms with Crippen LogP contribution >= 0.6 is 23.8 Å². The highest BCUT2D eigenvalue weighted by Crippen LogP contribution is 2.31. The first-order chi connectivity index (χ1) is 9.51. The summed E-state index contributed by atoms with van der Waals surface area (Å²) in [5, 5.41) is 0.692. The molecule has 20 heavy (non-hydrogen) atoms. The van der Waals surface area contributed by atoms with Gasteiger partial charge < -0.3 is 15.2 Å². The van der Waals surface area contributed by atoms with Crippen molar-refractivity contribution in [3.63, 3.8) is 0 Å². The van der Waals surface area contributed by atoms with E-state index in [9.17, 15) is 0 Å². The third kappa shape index (κ3) is 3.21. The fourth-order valence-corrected chi connectivity index (χ4v) is 2.01. The van der Waals surface area contributed by atoms with Crippen molar-refractivity contribution >= 4 is 28.8 Å². The molecule has 0 saturated carbocycles. The Hall–Kier alpha value is -1.78. The predicted molar refractivity (Wildman–Crippen MR) is 85.1 cm³/mol. The monoisotopic (exact) mass is 307 g/mol. The Labute approximate surface area is 128 Å². The molecule has 0 amide bonds. The molecule has 2 aromatic carbocycles. The van der Waals surface area contributed by atoms with Crippen LogP contribution in [0.5, 0.6) is 17.2 Å². The van der Waals surface area contributed by atoms with E-state index in [0.29, 0.717) is 27.8 Å². The van der Waals surface area contributed by atoms with Gasteiger partial charge in [-0.3, -0.25) is 0 Å². The number of rotatable bonds is 4. The molecule has 2 aromatic rings. The van der Waals surface area contributed by atoms with E-state index in [0.717, 1.165) is 5.56 Å². The molecular formula is C15H14ClNO2S. The van der Waals surface area contributed by atoms with Crippen molar-refractivity contribution in [2.24, 2.45) is 5.73 Å². The fraction of sp³-hybridized carbons (Fsp3) is 0.133. The van der Waals surface area contributed by atoms with E-state index < -0.39 is 0 Å². The molecule has 2 rings (SSSR count). The minimum absolute atomic E-state index is 0.272. The highest BCUT2D eigenvalue weighted by Gasteiger charge is 2.10. The number of benzene rings is 2. The van der Waals surface area contributed by atoms with E-state index in [1.165, 1.54) is 0 Å². The van der Waals surface area contributed by atoms with Gasteiger partial charge in [0.1, 0.15) is 22.2 Å².